The van der Waals surface area contributed by atoms with Gasteiger partial charge in [0.1, 0.15) is 6.04 Å². The van der Waals surface area contributed by atoms with Crippen LogP contribution in [0.1, 0.15) is 35.7 Å². The largest absolute Gasteiger partial charge is 0.274 e. The molecule has 1 aliphatic rings. The molecule has 1 unspecified atom stereocenters. The Hall–Kier alpha value is -3.19. The molecule has 3 rings (SSSR count). The minimum absolute atomic E-state index is 0.0588. The molecular formula is C21H20ClN3O4. The van der Waals surface area contributed by atoms with E-state index in [1.807, 2.05) is 6.92 Å². The number of hydrogen-bond donors (Lipinski definition) is 1. The maximum atomic E-state index is 13.0. The van der Waals surface area contributed by atoms with Crippen LogP contribution in [0.25, 0.3) is 0 Å². The number of anilines is 1. The second kappa shape index (κ2) is 8.45. The van der Waals surface area contributed by atoms with Crippen LogP contribution in [-0.4, -0.2) is 34.7 Å². The van der Waals surface area contributed by atoms with Gasteiger partial charge < -0.3 is 0 Å². The van der Waals surface area contributed by atoms with Crippen LogP contribution in [0, 0.1) is 6.92 Å². The summed E-state index contributed by atoms with van der Waals surface area (Å²) in [7, 11) is 0. The number of hydrogen-bond acceptors (Lipinski definition) is 4. The van der Waals surface area contributed by atoms with Crippen LogP contribution >= 0.6 is 11.6 Å². The highest BCUT2D eigenvalue weighted by molar-refractivity contribution is 6.31. The van der Waals surface area contributed by atoms with Crippen LogP contribution in [-0.2, 0) is 14.4 Å². The van der Waals surface area contributed by atoms with E-state index in [1.54, 1.807) is 49.4 Å². The Morgan fingerprint density at radius 3 is 2.48 bits per heavy atom. The number of carbonyl (C=O) groups is 4. The number of amides is 4. The van der Waals surface area contributed by atoms with Gasteiger partial charge in [0.05, 0.1) is 12.1 Å². The lowest BCUT2D eigenvalue weighted by molar-refractivity contribution is -0.140. The summed E-state index contributed by atoms with van der Waals surface area (Å²) >= 11 is 5.97. The molecule has 1 atom stereocenters. The van der Waals surface area contributed by atoms with Crippen LogP contribution < -0.4 is 10.3 Å². The van der Waals surface area contributed by atoms with Gasteiger partial charge in [-0.2, -0.15) is 0 Å². The van der Waals surface area contributed by atoms with Gasteiger partial charge in [-0.15, -0.1) is 0 Å². The van der Waals surface area contributed by atoms with Crippen LogP contribution in [0.5, 0.6) is 0 Å². The fraction of sp³-hybridized carbons (Fsp3) is 0.238. The van der Waals surface area contributed by atoms with E-state index in [1.165, 1.54) is 6.07 Å². The number of hydrazine groups is 1. The topological polar surface area (TPSA) is 86.8 Å². The molecule has 2 aromatic carbocycles. The van der Waals surface area contributed by atoms with Crippen molar-refractivity contribution in [1.29, 1.82) is 0 Å². The molecule has 2 aromatic rings. The predicted molar refractivity (Wildman–Crippen MR) is 108 cm³/mol. The number of nitrogens with one attached hydrogen (secondary N) is 1. The molecule has 4 amide bonds. The molecule has 0 bridgehead atoms. The average Bonchev–Trinajstić information content (AvgIpc) is 2.99. The average molecular weight is 414 g/mol. The SMILES string of the molecule is CCC(=O)N(NC(=O)c1ccc(C)cc1)C1CC(=O)N(c2cccc(Cl)c2)C1=O. The Morgan fingerprint density at radius 2 is 1.86 bits per heavy atom. The van der Waals surface area contributed by atoms with E-state index in [0.29, 0.717) is 16.3 Å². The second-order valence-corrected chi connectivity index (χ2v) is 7.13. The third-order valence-corrected chi connectivity index (χ3v) is 4.84. The van der Waals surface area contributed by atoms with Crippen molar-refractivity contribution in [2.24, 2.45) is 0 Å². The zero-order chi connectivity index (χ0) is 21.1. The van der Waals surface area contributed by atoms with Crippen molar-refractivity contribution in [1.82, 2.24) is 10.4 Å². The maximum Gasteiger partial charge on any atom is 0.269 e. The first-order valence-corrected chi connectivity index (χ1v) is 9.51. The fourth-order valence-corrected chi connectivity index (χ4v) is 3.25. The Balaban J connectivity index is 1.86. The Morgan fingerprint density at radius 1 is 1.17 bits per heavy atom. The molecule has 150 valence electrons. The predicted octanol–water partition coefficient (Wildman–Crippen LogP) is 2.86. The van der Waals surface area contributed by atoms with Gasteiger partial charge in [0.2, 0.25) is 11.8 Å². The summed E-state index contributed by atoms with van der Waals surface area (Å²) in [5.74, 6) is -2.07. The van der Waals surface area contributed by atoms with E-state index >= 15 is 0 Å². The van der Waals surface area contributed by atoms with Crippen molar-refractivity contribution in [3.05, 3.63) is 64.7 Å². The van der Waals surface area contributed by atoms with E-state index < -0.39 is 29.7 Å². The molecule has 0 aromatic heterocycles. The molecule has 8 heteroatoms. The molecule has 0 aliphatic carbocycles. The number of aryl methyl sites for hydroxylation is 1. The molecule has 0 saturated carbocycles. The molecule has 1 N–H and O–H groups in total. The minimum Gasteiger partial charge on any atom is -0.274 e. The number of imide groups is 1. The second-order valence-electron chi connectivity index (χ2n) is 6.69. The molecule has 1 saturated heterocycles. The highest BCUT2D eigenvalue weighted by Gasteiger charge is 2.45. The summed E-state index contributed by atoms with van der Waals surface area (Å²) in [5.41, 5.74) is 4.15. The van der Waals surface area contributed by atoms with Crippen molar-refractivity contribution in [2.75, 3.05) is 4.90 Å². The van der Waals surface area contributed by atoms with Crippen molar-refractivity contribution in [2.45, 2.75) is 32.7 Å². The lowest BCUT2D eigenvalue weighted by Crippen LogP contribution is -2.54. The zero-order valence-corrected chi connectivity index (χ0v) is 16.8. The third kappa shape index (κ3) is 4.30. The van der Waals surface area contributed by atoms with E-state index in [-0.39, 0.29) is 12.8 Å². The van der Waals surface area contributed by atoms with Gasteiger partial charge >= 0.3 is 0 Å². The van der Waals surface area contributed by atoms with E-state index in [0.717, 1.165) is 15.5 Å². The summed E-state index contributed by atoms with van der Waals surface area (Å²) in [4.78, 5) is 51.6. The molecule has 0 spiro atoms. The van der Waals surface area contributed by atoms with Gasteiger partial charge in [-0.3, -0.25) is 24.6 Å². The summed E-state index contributed by atoms with van der Waals surface area (Å²) < 4.78 is 0. The van der Waals surface area contributed by atoms with Crippen molar-refractivity contribution in [3.63, 3.8) is 0 Å². The number of halogens is 1. The van der Waals surface area contributed by atoms with Crippen LogP contribution in [0.15, 0.2) is 48.5 Å². The molecule has 1 heterocycles. The lowest BCUT2D eigenvalue weighted by Gasteiger charge is -2.27. The van der Waals surface area contributed by atoms with E-state index in [2.05, 4.69) is 5.43 Å². The van der Waals surface area contributed by atoms with Crippen LogP contribution in [0.2, 0.25) is 5.02 Å². The molecule has 1 aliphatic heterocycles. The van der Waals surface area contributed by atoms with Crippen molar-refractivity contribution >= 4 is 40.9 Å². The molecule has 0 radical (unpaired) electrons. The normalized spacial score (nSPS) is 16.1. The first kappa shape index (κ1) is 20.5. The fourth-order valence-electron chi connectivity index (χ4n) is 3.07. The Kier molecular flexibility index (Phi) is 5.98. The Labute approximate surface area is 173 Å². The van der Waals surface area contributed by atoms with Crippen molar-refractivity contribution < 1.29 is 19.2 Å². The van der Waals surface area contributed by atoms with Crippen LogP contribution in [0.4, 0.5) is 5.69 Å². The number of nitrogens with zero attached hydrogens (tertiary/aromatic N) is 2. The third-order valence-electron chi connectivity index (χ3n) is 4.61. The van der Waals surface area contributed by atoms with E-state index in [4.69, 9.17) is 11.6 Å². The summed E-state index contributed by atoms with van der Waals surface area (Å²) in [6.45, 7) is 3.51. The molecule has 7 nitrogen and oxygen atoms in total. The van der Waals surface area contributed by atoms with Gasteiger partial charge in [0.15, 0.2) is 0 Å². The zero-order valence-electron chi connectivity index (χ0n) is 16.0. The minimum atomic E-state index is -1.12. The quantitative estimate of drug-likeness (QED) is 0.616. The molecular weight excluding hydrogens is 394 g/mol. The van der Waals surface area contributed by atoms with Gasteiger partial charge in [0.25, 0.3) is 11.8 Å². The van der Waals surface area contributed by atoms with Crippen molar-refractivity contribution in [3.8, 4) is 0 Å². The first-order valence-electron chi connectivity index (χ1n) is 9.14. The summed E-state index contributed by atoms with van der Waals surface area (Å²) in [5, 5.41) is 1.34. The highest BCUT2D eigenvalue weighted by Crippen LogP contribution is 2.27. The molecule has 29 heavy (non-hydrogen) atoms. The van der Waals surface area contributed by atoms with Crippen LogP contribution in [0.3, 0.4) is 0 Å². The van der Waals surface area contributed by atoms with Gasteiger partial charge in [0, 0.05) is 17.0 Å². The number of benzene rings is 2. The maximum absolute atomic E-state index is 13.0. The smallest absolute Gasteiger partial charge is 0.269 e. The van der Waals surface area contributed by atoms with E-state index in [9.17, 15) is 19.2 Å². The monoisotopic (exact) mass is 413 g/mol. The number of carbonyl (C=O) groups excluding carboxylic acids is 4. The Bertz CT molecular complexity index is 974. The first-order chi connectivity index (χ1) is 13.8. The molecule has 1 fully saturated rings. The standard InChI is InChI=1S/C21H20ClN3O4/c1-3-18(26)25(23-20(28)14-9-7-13(2)8-10-14)17-12-19(27)24(21(17)29)16-6-4-5-15(22)11-16/h4-11,17H,3,12H2,1-2H3,(H,23,28). The highest BCUT2D eigenvalue weighted by atomic mass is 35.5. The van der Waals surface area contributed by atoms with Gasteiger partial charge in [-0.05, 0) is 37.3 Å². The lowest BCUT2D eigenvalue weighted by atomic mass is 10.1. The number of rotatable bonds is 4. The summed E-state index contributed by atoms with van der Waals surface area (Å²) in [6, 6.07) is 12.0. The van der Waals surface area contributed by atoms with Gasteiger partial charge in [-0.25, -0.2) is 9.91 Å². The summed E-state index contributed by atoms with van der Waals surface area (Å²) in [6.07, 6.45) is -0.172. The van der Waals surface area contributed by atoms with Gasteiger partial charge in [-0.1, -0.05) is 42.3 Å².